The number of benzene rings is 1. The minimum atomic E-state index is 0.317. The lowest BCUT2D eigenvalue weighted by Crippen LogP contribution is -2.43. The van der Waals surface area contributed by atoms with Crippen molar-refractivity contribution in [3.05, 3.63) is 41.2 Å². The monoisotopic (exact) mass is 288 g/mol. The van der Waals surface area contributed by atoms with Crippen LogP contribution >= 0.6 is 0 Å². The lowest BCUT2D eigenvalue weighted by atomic mass is 9.93. The Morgan fingerprint density at radius 1 is 1.19 bits per heavy atom. The van der Waals surface area contributed by atoms with Crippen LogP contribution < -0.4 is 0 Å². The molecule has 1 saturated heterocycles. The highest BCUT2D eigenvalue weighted by molar-refractivity contribution is 5.23. The first kappa shape index (κ1) is 16.5. The van der Waals surface area contributed by atoms with Gasteiger partial charge >= 0.3 is 0 Å². The summed E-state index contributed by atoms with van der Waals surface area (Å²) in [5.41, 5.74) is 1.34. The molecular formula is C18H30N3-. The Kier molecular flexibility index (Phi) is 6.22. The minimum absolute atomic E-state index is 0.317. The zero-order valence-corrected chi connectivity index (χ0v) is 14.0. The van der Waals surface area contributed by atoms with E-state index in [2.05, 4.69) is 66.5 Å². The molecule has 0 aliphatic carbocycles. The molecule has 0 saturated carbocycles. The van der Waals surface area contributed by atoms with Crippen LogP contribution in [0.2, 0.25) is 0 Å². The molecule has 2 rings (SSSR count). The molecule has 118 valence electrons. The summed E-state index contributed by atoms with van der Waals surface area (Å²) in [5, 5.41) is 4.63. The van der Waals surface area contributed by atoms with Crippen molar-refractivity contribution >= 4 is 0 Å². The Morgan fingerprint density at radius 3 is 2.33 bits per heavy atom. The van der Waals surface area contributed by atoms with Gasteiger partial charge in [-0.3, -0.25) is 0 Å². The fourth-order valence-corrected chi connectivity index (χ4v) is 3.51. The maximum atomic E-state index is 4.63. The molecule has 0 unspecified atom stereocenters. The van der Waals surface area contributed by atoms with Gasteiger partial charge in [-0.2, -0.15) is 7.05 Å². The summed E-state index contributed by atoms with van der Waals surface area (Å²) in [7, 11) is 6.35. The second-order valence-corrected chi connectivity index (χ2v) is 6.59. The number of piperidine rings is 1. The molecule has 1 aliphatic rings. The first-order valence-corrected chi connectivity index (χ1v) is 8.14. The highest BCUT2D eigenvalue weighted by Crippen LogP contribution is 2.30. The predicted octanol–water partition coefficient (Wildman–Crippen LogP) is 3.39. The molecule has 3 heteroatoms. The standard InChI is InChI=1S/C18H30N3/c1-15(18(19-2)16-8-6-5-7-9-16)14-21-12-10-17(11-13-21)20(3)4/h5-9,15,17-18H,10-14H2,1-4H3/q-1/t15-,18+/m0/s1. The summed E-state index contributed by atoms with van der Waals surface area (Å²) in [6, 6.07) is 11.8. The molecule has 21 heavy (non-hydrogen) atoms. The van der Waals surface area contributed by atoms with E-state index in [1.807, 2.05) is 7.05 Å². The van der Waals surface area contributed by atoms with Crippen molar-refractivity contribution in [3.63, 3.8) is 0 Å². The molecule has 0 radical (unpaired) electrons. The average molecular weight is 288 g/mol. The van der Waals surface area contributed by atoms with Gasteiger partial charge in [0.25, 0.3) is 0 Å². The van der Waals surface area contributed by atoms with Gasteiger partial charge in [-0.25, -0.2) is 0 Å². The van der Waals surface area contributed by atoms with Crippen molar-refractivity contribution in [2.75, 3.05) is 40.8 Å². The summed E-state index contributed by atoms with van der Waals surface area (Å²) in [6.07, 6.45) is 2.58. The molecule has 0 spiro atoms. The SMILES string of the molecule is C[N-][C@@H](c1ccccc1)[C@@H](C)CN1CCC(N(C)C)CC1. The minimum Gasteiger partial charge on any atom is -0.658 e. The van der Waals surface area contributed by atoms with Gasteiger partial charge in [0.15, 0.2) is 0 Å². The van der Waals surface area contributed by atoms with Gasteiger partial charge in [-0.1, -0.05) is 42.8 Å². The highest BCUT2D eigenvalue weighted by atomic mass is 15.2. The Morgan fingerprint density at radius 2 is 1.81 bits per heavy atom. The average Bonchev–Trinajstić information content (AvgIpc) is 2.49. The smallest absolute Gasteiger partial charge is 0.0113 e. The van der Waals surface area contributed by atoms with Crippen molar-refractivity contribution in [2.45, 2.75) is 31.8 Å². The summed E-state index contributed by atoms with van der Waals surface area (Å²) in [4.78, 5) is 4.99. The van der Waals surface area contributed by atoms with Gasteiger partial charge in [0, 0.05) is 6.04 Å². The highest BCUT2D eigenvalue weighted by Gasteiger charge is 2.22. The lowest BCUT2D eigenvalue weighted by molar-refractivity contribution is 0.129. The third-order valence-corrected chi connectivity index (χ3v) is 4.79. The maximum Gasteiger partial charge on any atom is 0.0113 e. The van der Waals surface area contributed by atoms with Crippen molar-refractivity contribution in [1.29, 1.82) is 0 Å². The van der Waals surface area contributed by atoms with Crippen LogP contribution in [0.4, 0.5) is 0 Å². The third kappa shape index (κ3) is 4.53. The van der Waals surface area contributed by atoms with Gasteiger partial charge < -0.3 is 15.1 Å². The van der Waals surface area contributed by atoms with E-state index in [0.29, 0.717) is 12.0 Å². The molecular weight excluding hydrogens is 258 g/mol. The predicted molar refractivity (Wildman–Crippen MR) is 90.8 cm³/mol. The Hall–Kier alpha value is -0.900. The molecule has 3 nitrogen and oxygen atoms in total. The summed E-state index contributed by atoms with van der Waals surface area (Å²) in [6.45, 7) is 5.93. The number of rotatable bonds is 6. The van der Waals surface area contributed by atoms with Crippen LogP contribution in [-0.4, -0.2) is 56.6 Å². The van der Waals surface area contributed by atoms with E-state index in [9.17, 15) is 0 Å². The summed E-state index contributed by atoms with van der Waals surface area (Å²) < 4.78 is 0. The van der Waals surface area contributed by atoms with Crippen molar-refractivity contribution in [2.24, 2.45) is 5.92 Å². The molecule has 1 heterocycles. The van der Waals surface area contributed by atoms with Gasteiger partial charge in [0.2, 0.25) is 0 Å². The number of likely N-dealkylation sites (tertiary alicyclic amines) is 1. The van der Waals surface area contributed by atoms with E-state index in [1.54, 1.807) is 0 Å². The Bertz CT molecular complexity index is 396. The molecule has 0 aromatic heterocycles. The first-order valence-electron chi connectivity index (χ1n) is 8.14. The van der Waals surface area contributed by atoms with E-state index < -0.39 is 0 Å². The Labute approximate surface area is 130 Å². The van der Waals surface area contributed by atoms with Crippen molar-refractivity contribution < 1.29 is 0 Å². The van der Waals surface area contributed by atoms with Crippen LogP contribution in [0.5, 0.6) is 0 Å². The molecule has 1 aromatic carbocycles. The van der Waals surface area contributed by atoms with Crippen LogP contribution in [-0.2, 0) is 0 Å². The topological polar surface area (TPSA) is 20.6 Å². The van der Waals surface area contributed by atoms with Crippen LogP contribution in [0.3, 0.4) is 0 Å². The Balaban J connectivity index is 1.87. The summed E-state index contributed by atoms with van der Waals surface area (Å²) >= 11 is 0. The van der Waals surface area contributed by atoms with E-state index in [4.69, 9.17) is 0 Å². The fourth-order valence-electron chi connectivity index (χ4n) is 3.51. The van der Waals surface area contributed by atoms with Crippen LogP contribution in [0.15, 0.2) is 30.3 Å². The van der Waals surface area contributed by atoms with E-state index in [0.717, 1.165) is 12.6 Å². The molecule has 0 N–H and O–H groups in total. The second-order valence-electron chi connectivity index (χ2n) is 6.59. The maximum absolute atomic E-state index is 4.63. The molecule has 2 atom stereocenters. The van der Waals surface area contributed by atoms with Crippen molar-refractivity contribution in [3.8, 4) is 0 Å². The van der Waals surface area contributed by atoms with E-state index in [-0.39, 0.29) is 0 Å². The molecule has 0 bridgehead atoms. The zero-order chi connectivity index (χ0) is 15.2. The molecule has 1 fully saturated rings. The molecule has 0 amide bonds. The molecule has 1 aliphatic heterocycles. The second kappa shape index (κ2) is 7.92. The van der Waals surface area contributed by atoms with Gasteiger partial charge in [0.05, 0.1) is 0 Å². The van der Waals surface area contributed by atoms with E-state index >= 15 is 0 Å². The largest absolute Gasteiger partial charge is 0.658 e. The third-order valence-electron chi connectivity index (χ3n) is 4.79. The van der Waals surface area contributed by atoms with Gasteiger partial charge in [0.1, 0.15) is 0 Å². The zero-order valence-electron chi connectivity index (χ0n) is 14.0. The molecule has 1 aromatic rings. The number of hydrogen-bond donors (Lipinski definition) is 0. The first-order chi connectivity index (χ1) is 10.1. The van der Waals surface area contributed by atoms with Crippen molar-refractivity contribution in [1.82, 2.24) is 9.80 Å². The van der Waals surface area contributed by atoms with Crippen LogP contribution in [0.1, 0.15) is 31.4 Å². The van der Waals surface area contributed by atoms with E-state index in [1.165, 1.54) is 31.5 Å². The van der Waals surface area contributed by atoms with Gasteiger partial charge in [-0.05, 0) is 52.5 Å². The number of hydrogen-bond acceptors (Lipinski definition) is 2. The summed E-state index contributed by atoms with van der Waals surface area (Å²) in [5.74, 6) is 0.563. The van der Waals surface area contributed by atoms with Crippen LogP contribution in [0, 0.1) is 5.92 Å². The normalized spacial score (nSPS) is 20.6. The lowest BCUT2D eigenvalue weighted by Gasteiger charge is -2.40. The fraction of sp³-hybridized carbons (Fsp3) is 0.667. The number of nitrogens with zero attached hydrogens (tertiary/aromatic N) is 3. The quantitative estimate of drug-likeness (QED) is 0.800. The van der Waals surface area contributed by atoms with Crippen LogP contribution in [0.25, 0.3) is 5.32 Å². The van der Waals surface area contributed by atoms with Gasteiger partial charge in [-0.15, -0.1) is 6.04 Å².